The van der Waals surface area contributed by atoms with Crippen molar-refractivity contribution >= 4 is 11.6 Å². The van der Waals surface area contributed by atoms with Crippen molar-refractivity contribution in [2.75, 3.05) is 0 Å². The minimum Gasteiger partial charge on any atom is -0.481 e. The number of rotatable bonds is 3. The number of carbonyl (C=O) groups is 1. The third kappa shape index (κ3) is 2.00. The molecule has 2 aromatic heterocycles. The van der Waals surface area contributed by atoms with Crippen LogP contribution < -0.4 is 0 Å². The molecule has 0 radical (unpaired) electrons. The van der Waals surface area contributed by atoms with E-state index in [1.54, 1.807) is 10.7 Å². The van der Waals surface area contributed by atoms with Crippen molar-refractivity contribution < 1.29 is 9.90 Å². The number of hydrogen-bond acceptors (Lipinski definition) is 3. The molecular weight excluding hydrogens is 218 g/mol. The van der Waals surface area contributed by atoms with E-state index < -0.39 is 5.97 Å². The minimum absolute atomic E-state index is 0.120. The topological polar surface area (TPSA) is 67.5 Å². The third-order valence-electron chi connectivity index (χ3n) is 2.97. The highest BCUT2D eigenvalue weighted by Crippen LogP contribution is 2.17. The maximum atomic E-state index is 10.6. The lowest BCUT2D eigenvalue weighted by Gasteiger charge is -2.10. The summed E-state index contributed by atoms with van der Waals surface area (Å²) >= 11 is 0. The Balaban J connectivity index is 2.52. The van der Waals surface area contributed by atoms with Crippen molar-refractivity contribution in [3.8, 4) is 0 Å². The molecule has 2 aromatic rings. The van der Waals surface area contributed by atoms with E-state index in [4.69, 9.17) is 5.11 Å². The van der Waals surface area contributed by atoms with Crippen LogP contribution in [0.25, 0.3) is 5.65 Å². The van der Waals surface area contributed by atoms with Gasteiger partial charge in [-0.15, -0.1) is 0 Å². The van der Waals surface area contributed by atoms with Gasteiger partial charge in [-0.1, -0.05) is 0 Å². The summed E-state index contributed by atoms with van der Waals surface area (Å²) in [6.07, 6.45) is 2.39. The van der Waals surface area contributed by atoms with Crippen LogP contribution in [0.3, 0.4) is 0 Å². The number of nitrogens with zero attached hydrogens (tertiary/aromatic N) is 3. The molecule has 1 N–H and O–H groups in total. The molecule has 5 nitrogen and oxygen atoms in total. The van der Waals surface area contributed by atoms with Gasteiger partial charge < -0.3 is 5.11 Å². The molecule has 17 heavy (non-hydrogen) atoms. The number of carboxylic acid groups (broad SMARTS) is 1. The maximum absolute atomic E-state index is 10.6. The molecule has 0 aliphatic heterocycles. The molecule has 2 heterocycles. The number of aryl methyl sites for hydroxylation is 3. The molecule has 0 saturated heterocycles. The van der Waals surface area contributed by atoms with Gasteiger partial charge in [-0.3, -0.25) is 4.79 Å². The van der Waals surface area contributed by atoms with Gasteiger partial charge in [0.15, 0.2) is 5.65 Å². The normalized spacial score (nSPS) is 11.0. The molecular formula is C12H15N3O2. The predicted octanol–water partition coefficient (Wildman–Crippen LogP) is 1.67. The van der Waals surface area contributed by atoms with Crippen molar-refractivity contribution in [3.05, 3.63) is 28.7 Å². The first kappa shape index (κ1) is 11.6. The zero-order valence-electron chi connectivity index (χ0n) is 10.2. The van der Waals surface area contributed by atoms with Crippen LogP contribution in [0.4, 0.5) is 0 Å². The molecule has 5 heteroatoms. The predicted molar refractivity (Wildman–Crippen MR) is 63.2 cm³/mol. The summed E-state index contributed by atoms with van der Waals surface area (Å²) in [6, 6.07) is 0. The minimum atomic E-state index is -0.791. The number of aliphatic carboxylic acids is 1. The lowest BCUT2D eigenvalue weighted by Crippen LogP contribution is -2.08. The van der Waals surface area contributed by atoms with Crippen LogP contribution in [0.1, 0.15) is 28.9 Å². The van der Waals surface area contributed by atoms with E-state index in [1.165, 1.54) is 0 Å². The largest absolute Gasteiger partial charge is 0.481 e. The molecule has 0 spiro atoms. The van der Waals surface area contributed by atoms with Crippen LogP contribution in [0.15, 0.2) is 6.20 Å². The highest BCUT2D eigenvalue weighted by atomic mass is 16.4. The number of aromatic nitrogens is 3. The zero-order chi connectivity index (χ0) is 12.6. The Hall–Kier alpha value is -1.91. The molecule has 0 saturated carbocycles. The molecule has 0 bridgehead atoms. The second kappa shape index (κ2) is 4.16. The van der Waals surface area contributed by atoms with Gasteiger partial charge in [-0.05, 0) is 32.8 Å². The van der Waals surface area contributed by atoms with Crippen LogP contribution in [-0.2, 0) is 11.2 Å². The summed E-state index contributed by atoms with van der Waals surface area (Å²) in [6.45, 7) is 5.83. The molecule has 0 amide bonds. The highest BCUT2D eigenvalue weighted by Gasteiger charge is 2.12. The van der Waals surface area contributed by atoms with Gasteiger partial charge in [0.25, 0.3) is 0 Å². The van der Waals surface area contributed by atoms with E-state index in [0.29, 0.717) is 6.42 Å². The van der Waals surface area contributed by atoms with Gasteiger partial charge in [-0.25, -0.2) is 9.50 Å². The van der Waals surface area contributed by atoms with Crippen LogP contribution in [-0.4, -0.2) is 25.7 Å². The summed E-state index contributed by atoms with van der Waals surface area (Å²) < 4.78 is 1.78. The number of carboxylic acids is 1. The summed E-state index contributed by atoms with van der Waals surface area (Å²) in [4.78, 5) is 15.1. The first-order valence-corrected chi connectivity index (χ1v) is 5.53. The zero-order valence-corrected chi connectivity index (χ0v) is 10.2. The van der Waals surface area contributed by atoms with Gasteiger partial charge in [0.2, 0.25) is 0 Å². The summed E-state index contributed by atoms with van der Waals surface area (Å²) in [5, 5.41) is 13.0. The SMILES string of the molecule is Cc1nc2c(C)cnn2c(C)c1CCC(=O)O. The van der Waals surface area contributed by atoms with E-state index in [0.717, 1.165) is 28.2 Å². The average Bonchev–Trinajstić information content (AvgIpc) is 2.60. The lowest BCUT2D eigenvalue weighted by atomic mass is 10.1. The fourth-order valence-electron chi connectivity index (χ4n) is 2.01. The fourth-order valence-corrected chi connectivity index (χ4v) is 2.01. The van der Waals surface area contributed by atoms with E-state index >= 15 is 0 Å². The van der Waals surface area contributed by atoms with Crippen LogP contribution >= 0.6 is 0 Å². The Morgan fingerprint density at radius 3 is 2.76 bits per heavy atom. The third-order valence-corrected chi connectivity index (χ3v) is 2.97. The van der Waals surface area contributed by atoms with Gasteiger partial charge in [0.1, 0.15) is 0 Å². The van der Waals surface area contributed by atoms with Crippen molar-refractivity contribution in [2.24, 2.45) is 0 Å². The Morgan fingerprint density at radius 1 is 1.41 bits per heavy atom. The van der Waals surface area contributed by atoms with E-state index in [9.17, 15) is 4.79 Å². The maximum Gasteiger partial charge on any atom is 0.303 e. The molecule has 0 fully saturated rings. The van der Waals surface area contributed by atoms with E-state index in [1.807, 2.05) is 20.8 Å². The molecule has 0 aliphatic rings. The summed E-state index contributed by atoms with van der Waals surface area (Å²) in [5.74, 6) is -0.791. The molecule has 0 unspecified atom stereocenters. The number of hydrogen-bond donors (Lipinski definition) is 1. The quantitative estimate of drug-likeness (QED) is 0.875. The summed E-state index contributed by atoms with van der Waals surface area (Å²) in [5.41, 5.74) is 4.71. The Labute approximate surface area is 99.1 Å². The highest BCUT2D eigenvalue weighted by molar-refractivity contribution is 5.67. The second-order valence-electron chi connectivity index (χ2n) is 4.22. The summed E-state index contributed by atoms with van der Waals surface area (Å²) in [7, 11) is 0. The fraction of sp³-hybridized carbons (Fsp3) is 0.417. The number of fused-ring (bicyclic) bond motifs is 1. The van der Waals surface area contributed by atoms with Crippen molar-refractivity contribution in [2.45, 2.75) is 33.6 Å². The van der Waals surface area contributed by atoms with Gasteiger partial charge in [0, 0.05) is 23.4 Å². The molecule has 0 aliphatic carbocycles. The monoisotopic (exact) mass is 233 g/mol. The lowest BCUT2D eigenvalue weighted by molar-refractivity contribution is -0.136. The van der Waals surface area contributed by atoms with E-state index in [-0.39, 0.29) is 6.42 Å². The standard InChI is InChI=1S/C12H15N3O2/c1-7-6-13-15-9(3)10(4-5-11(16)17)8(2)14-12(7)15/h6H,4-5H2,1-3H3,(H,16,17). The Bertz CT molecular complexity index is 587. The molecule has 0 aromatic carbocycles. The Morgan fingerprint density at radius 2 is 2.12 bits per heavy atom. The van der Waals surface area contributed by atoms with Crippen molar-refractivity contribution in [1.82, 2.24) is 14.6 Å². The second-order valence-corrected chi connectivity index (χ2v) is 4.22. The van der Waals surface area contributed by atoms with Crippen LogP contribution in [0.2, 0.25) is 0 Å². The molecule has 2 rings (SSSR count). The first-order chi connectivity index (χ1) is 8.00. The van der Waals surface area contributed by atoms with Crippen molar-refractivity contribution in [3.63, 3.8) is 0 Å². The van der Waals surface area contributed by atoms with Gasteiger partial charge in [-0.2, -0.15) is 5.10 Å². The van der Waals surface area contributed by atoms with E-state index in [2.05, 4.69) is 10.1 Å². The first-order valence-electron chi connectivity index (χ1n) is 5.53. The smallest absolute Gasteiger partial charge is 0.303 e. The van der Waals surface area contributed by atoms with Crippen molar-refractivity contribution in [1.29, 1.82) is 0 Å². The Kier molecular flexibility index (Phi) is 2.83. The molecule has 0 atom stereocenters. The average molecular weight is 233 g/mol. The van der Waals surface area contributed by atoms with Crippen LogP contribution in [0, 0.1) is 20.8 Å². The molecule has 90 valence electrons. The van der Waals surface area contributed by atoms with Crippen LogP contribution in [0.5, 0.6) is 0 Å². The van der Waals surface area contributed by atoms with Gasteiger partial charge in [0.05, 0.1) is 6.20 Å². The van der Waals surface area contributed by atoms with Gasteiger partial charge >= 0.3 is 5.97 Å².